The van der Waals surface area contributed by atoms with Crippen molar-refractivity contribution < 1.29 is 22.7 Å². The number of sulfonamides is 1. The number of nitrogens with one attached hydrogen (secondary N) is 1. The molecule has 1 N–H and O–H groups in total. The maximum atomic E-state index is 12.9. The number of ketones is 1. The van der Waals surface area contributed by atoms with Crippen molar-refractivity contribution in [1.29, 1.82) is 0 Å². The summed E-state index contributed by atoms with van der Waals surface area (Å²) in [7, 11) is -3.85. The van der Waals surface area contributed by atoms with Crippen LogP contribution in [0.5, 0.6) is 5.75 Å². The van der Waals surface area contributed by atoms with E-state index in [9.17, 15) is 18.0 Å². The smallest absolute Gasteiger partial charge is 0.261 e. The van der Waals surface area contributed by atoms with Crippen molar-refractivity contribution in [2.24, 2.45) is 5.41 Å². The molecule has 0 bridgehead atoms. The average Bonchev–Trinajstić information content (AvgIpc) is 2.78. The third-order valence-corrected chi connectivity index (χ3v) is 6.33. The van der Waals surface area contributed by atoms with E-state index < -0.39 is 15.4 Å². The Morgan fingerprint density at radius 1 is 1.17 bits per heavy atom. The van der Waals surface area contributed by atoms with Crippen molar-refractivity contribution in [2.75, 3.05) is 22.8 Å². The van der Waals surface area contributed by atoms with Gasteiger partial charge < -0.3 is 9.64 Å². The number of nitrogens with zero attached hydrogens (tertiary/aromatic N) is 1. The lowest BCUT2D eigenvalue weighted by Crippen LogP contribution is -2.42. The molecule has 1 heterocycles. The topological polar surface area (TPSA) is 92.8 Å². The molecule has 0 radical (unpaired) electrons. The number of carbonyl (C=O) groups is 2. The maximum Gasteiger partial charge on any atom is 0.261 e. The van der Waals surface area contributed by atoms with Crippen molar-refractivity contribution in [3.63, 3.8) is 0 Å². The van der Waals surface area contributed by atoms with Crippen LogP contribution >= 0.6 is 0 Å². The predicted molar refractivity (Wildman–Crippen MR) is 116 cm³/mol. The summed E-state index contributed by atoms with van der Waals surface area (Å²) in [6.45, 7) is 7.82. The highest BCUT2D eigenvalue weighted by Gasteiger charge is 2.37. The number of anilines is 2. The van der Waals surface area contributed by atoms with Gasteiger partial charge in [-0.25, -0.2) is 8.42 Å². The highest BCUT2D eigenvalue weighted by Crippen LogP contribution is 2.38. The Morgan fingerprint density at radius 3 is 2.43 bits per heavy atom. The number of Topliss-reactive ketones (excluding diaryl/α,β-unsaturated/α-hetero) is 1. The van der Waals surface area contributed by atoms with Gasteiger partial charge in [-0.15, -0.1) is 0 Å². The van der Waals surface area contributed by atoms with Crippen LogP contribution in [-0.2, 0) is 14.8 Å². The monoisotopic (exact) mass is 430 g/mol. The fourth-order valence-electron chi connectivity index (χ4n) is 3.24. The van der Waals surface area contributed by atoms with Crippen LogP contribution in [0.2, 0.25) is 0 Å². The Morgan fingerprint density at radius 2 is 1.83 bits per heavy atom. The molecule has 2 aromatic carbocycles. The minimum Gasteiger partial charge on any atom is -0.490 e. The van der Waals surface area contributed by atoms with Crippen molar-refractivity contribution in [1.82, 2.24) is 0 Å². The molecular weight excluding hydrogens is 404 g/mol. The quantitative estimate of drug-likeness (QED) is 0.703. The third kappa shape index (κ3) is 4.33. The zero-order chi connectivity index (χ0) is 22.1. The van der Waals surface area contributed by atoms with Gasteiger partial charge in [0.1, 0.15) is 12.4 Å². The zero-order valence-corrected chi connectivity index (χ0v) is 18.4. The standard InChI is InChI=1S/C22H26N2O5S/c1-5-12-24-19-11-8-17(13-20(19)29-14-22(3,4)21(24)26)23-30(27,28)18-9-6-16(7-10-18)15(2)25/h6-11,13,23H,5,12,14H2,1-4H3. The number of hydrogen-bond donors (Lipinski definition) is 1. The summed E-state index contributed by atoms with van der Waals surface area (Å²) in [4.78, 5) is 26.0. The second kappa shape index (κ2) is 8.10. The molecular formula is C22H26N2O5S. The van der Waals surface area contributed by atoms with Crippen molar-refractivity contribution >= 4 is 33.1 Å². The van der Waals surface area contributed by atoms with Gasteiger partial charge in [0.25, 0.3) is 10.0 Å². The second-order valence-corrected chi connectivity index (χ2v) is 9.68. The van der Waals surface area contributed by atoms with Crippen LogP contribution in [0.1, 0.15) is 44.5 Å². The molecule has 7 nitrogen and oxygen atoms in total. The predicted octanol–water partition coefficient (Wildman–Crippen LogP) is 3.85. The van der Waals surface area contributed by atoms with Gasteiger partial charge in [0.15, 0.2) is 5.78 Å². The fourth-order valence-corrected chi connectivity index (χ4v) is 4.29. The summed E-state index contributed by atoms with van der Waals surface area (Å²) < 4.78 is 33.9. The molecule has 0 spiro atoms. The van der Waals surface area contributed by atoms with E-state index in [2.05, 4.69) is 4.72 Å². The largest absolute Gasteiger partial charge is 0.490 e. The van der Waals surface area contributed by atoms with E-state index in [1.54, 1.807) is 23.1 Å². The molecule has 3 rings (SSSR count). The molecule has 0 unspecified atom stereocenters. The van der Waals surface area contributed by atoms with E-state index in [1.165, 1.54) is 31.2 Å². The van der Waals surface area contributed by atoms with Crippen LogP contribution in [0.3, 0.4) is 0 Å². The fraction of sp³-hybridized carbons (Fsp3) is 0.364. The maximum absolute atomic E-state index is 12.9. The normalized spacial score (nSPS) is 15.7. The molecule has 1 aliphatic rings. The second-order valence-electron chi connectivity index (χ2n) is 8.00. The molecule has 8 heteroatoms. The number of hydrogen-bond acceptors (Lipinski definition) is 5. The molecule has 2 aromatic rings. The molecule has 30 heavy (non-hydrogen) atoms. The van der Waals surface area contributed by atoms with Gasteiger partial charge in [-0.2, -0.15) is 0 Å². The molecule has 0 fully saturated rings. The van der Waals surface area contributed by atoms with Gasteiger partial charge in [0, 0.05) is 18.2 Å². The van der Waals surface area contributed by atoms with Crippen LogP contribution in [0, 0.1) is 5.41 Å². The zero-order valence-electron chi connectivity index (χ0n) is 17.6. The SMILES string of the molecule is CCCN1C(=O)C(C)(C)COc2cc(NS(=O)(=O)c3ccc(C(C)=O)cc3)ccc21. The lowest BCUT2D eigenvalue weighted by molar-refractivity contribution is -0.127. The summed E-state index contributed by atoms with van der Waals surface area (Å²) in [6.07, 6.45) is 0.784. The number of carbonyl (C=O) groups excluding carboxylic acids is 2. The van der Waals surface area contributed by atoms with Crippen LogP contribution in [0.15, 0.2) is 47.4 Å². The first-order valence-electron chi connectivity index (χ1n) is 9.78. The van der Waals surface area contributed by atoms with Gasteiger partial charge in [-0.05, 0) is 51.5 Å². The van der Waals surface area contributed by atoms with E-state index in [4.69, 9.17) is 4.74 Å². The Kier molecular flexibility index (Phi) is 5.90. The number of ether oxygens (including phenoxy) is 1. The first-order valence-corrected chi connectivity index (χ1v) is 11.3. The van der Waals surface area contributed by atoms with Crippen LogP contribution < -0.4 is 14.4 Å². The summed E-state index contributed by atoms with van der Waals surface area (Å²) in [5.41, 5.74) is 0.705. The van der Waals surface area contributed by atoms with Crippen molar-refractivity contribution in [3.8, 4) is 5.75 Å². The van der Waals surface area contributed by atoms with Gasteiger partial charge in [-0.1, -0.05) is 19.1 Å². The Labute approximate surface area is 177 Å². The average molecular weight is 431 g/mol. The molecule has 0 saturated heterocycles. The van der Waals surface area contributed by atoms with Gasteiger partial charge in [0.05, 0.1) is 21.7 Å². The first-order chi connectivity index (χ1) is 14.0. The van der Waals surface area contributed by atoms with Gasteiger partial charge in [-0.3, -0.25) is 14.3 Å². The molecule has 1 aliphatic heterocycles. The summed E-state index contributed by atoms with van der Waals surface area (Å²) in [5.74, 6) is 0.292. The summed E-state index contributed by atoms with van der Waals surface area (Å²) in [5, 5.41) is 0. The molecule has 0 atom stereocenters. The lowest BCUT2D eigenvalue weighted by Gasteiger charge is -2.27. The molecule has 0 saturated carbocycles. The molecule has 1 amide bonds. The van der Waals surface area contributed by atoms with Crippen LogP contribution in [0.4, 0.5) is 11.4 Å². The first kappa shape index (κ1) is 21.8. The minimum atomic E-state index is -3.85. The van der Waals surface area contributed by atoms with Crippen LogP contribution in [0.25, 0.3) is 0 Å². The Bertz CT molecular complexity index is 1080. The minimum absolute atomic E-state index is 0.0259. The number of fused-ring (bicyclic) bond motifs is 1. The lowest BCUT2D eigenvalue weighted by atomic mass is 9.93. The Hall–Kier alpha value is -2.87. The van der Waals surface area contributed by atoms with E-state index >= 15 is 0 Å². The van der Waals surface area contributed by atoms with Gasteiger partial charge >= 0.3 is 0 Å². The summed E-state index contributed by atoms with van der Waals surface area (Å²) in [6, 6.07) is 10.6. The Balaban J connectivity index is 1.91. The van der Waals surface area contributed by atoms with Gasteiger partial charge in [0.2, 0.25) is 5.91 Å². The van der Waals surface area contributed by atoms with E-state index in [0.717, 1.165) is 6.42 Å². The molecule has 0 aliphatic carbocycles. The van der Waals surface area contributed by atoms with Crippen molar-refractivity contribution in [2.45, 2.75) is 39.0 Å². The van der Waals surface area contributed by atoms with E-state index in [0.29, 0.717) is 29.2 Å². The van der Waals surface area contributed by atoms with E-state index in [1.807, 2.05) is 20.8 Å². The third-order valence-electron chi connectivity index (χ3n) is 4.93. The number of benzene rings is 2. The highest BCUT2D eigenvalue weighted by molar-refractivity contribution is 7.92. The number of amides is 1. The van der Waals surface area contributed by atoms with Crippen molar-refractivity contribution in [3.05, 3.63) is 48.0 Å². The molecule has 0 aromatic heterocycles. The van der Waals surface area contributed by atoms with E-state index in [-0.39, 0.29) is 23.2 Å². The number of rotatable bonds is 6. The highest BCUT2D eigenvalue weighted by atomic mass is 32.2. The van der Waals surface area contributed by atoms with Crippen LogP contribution in [-0.4, -0.2) is 33.3 Å². The summed E-state index contributed by atoms with van der Waals surface area (Å²) >= 11 is 0. The molecule has 160 valence electrons.